The minimum atomic E-state index is 0.854. The molecule has 0 saturated heterocycles. The Bertz CT molecular complexity index is 2460. The van der Waals surface area contributed by atoms with Gasteiger partial charge in [-0.1, -0.05) is 97.9 Å². The first-order valence-corrected chi connectivity index (χ1v) is 15.4. The van der Waals surface area contributed by atoms with Gasteiger partial charge in [-0.2, -0.15) is 0 Å². The van der Waals surface area contributed by atoms with Crippen molar-refractivity contribution in [2.75, 3.05) is 0 Å². The molecule has 208 valence electrons. The Morgan fingerprint density at radius 1 is 0.568 bits per heavy atom. The molecule has 0 bridgehead atoms. The largest absolute Gasteiger partial charge is 0.292 e. The van der Waals surface area contributed by atoms with E-state index in [4.69, 9.17) is 9.98 Å². The summed E-state index contributed by atoms with van der Waals surface area (Å²) in [7, 11) is 0. The standard InChI is InChI=1S/C41H29N3/c1-2-36-31-21-19-26(24-34(31)30-13-5-3-11-28(30)23-29-12-4-7-15-37(29)42-36)27-20-22-33-35(25-27)32-14-6-9-17-39(32)44-40-18-10-8-16-38(40)43-41(33)44/h3-22,24-25H,2,23H2,1H3/b42-36+. The van der Waals surface area contributed by atoms with Crippen LogP contribution in [0.2, 0.25) is 0 Å². The molecule has 9 rings (SSSR count). The van der Waals surface area contributed by atoms with Crippen LogP contribution in [0.3, 0.4) is 0 Å². The van der Waals surface area contributed by atoms with Crippen LogP contribution in [0.25, 0.3) is 60.6 Å². The third-order valence-electron chi connectivity index (χ3n) is 9.19. The Kier molecular flexibility index (Phi) is 5.54. The molecule has 44 heavy (non-hydrogen) atoms. The van der Waals surface area contributed by atoms with Crippen molar-refractivity contribution in [2.45, 2.75) is 19.8 Å². The van der Waals surface area contributed by atoms with Gasteiger partial charge >= 0.3 is 0 Å². The molecule has 6 aromatic carbocycles. The van der Waals surface area contributed by atoms with Gasteiger partial charge in [0.25, 0.3) is 0 Å². The Morgan fingerprint density at radius 2 is 1.30 bits per heavy atom. The van der Waals surface area contributed by atoms with Gasteiger partial charge < -0.3 is 0 Å². The highest BCUT2D eigenvalue weighted by Crippen LogP contribution is 2.39. The van der Waals surface area contributed by atoms with Gasteiger partial charge in [-0.25, -0.2) is 4.98 Å². The molecule has 0 N–H and O–H groups in total. The summed E-state index contributed by atoms with van der Waals surface area (Å²) in [4.78, 5) is 10.3. The number of para-hydroxylation sites is 4. The molecule has 0 amide bonds. The van der Waals surface area contributed by atoms with E-state index in [2.05, 4.69) is 145 Å². The zero-order valence-electron chi connectivity index (χ0n) is 24.5. The number of aliphatic imine (C=N–C) groups is 1. The van der Waals surface area contributed by atoms with Gasteiger partial charge in [0.1, 0.15) is 5.65 Å². The molecule has 0 spiro atoms. The molecule has 3 heteroatoms. The minimum Gasteiger partial charge on any atom is -0.292 e. The van der Waals surface area contributed by atoms with E-state index >= 15 is 0 Å². The number of benzene rings is 6. The number of nitrogens with zero attached hydrogens (tertiary/aromatic N) is 3. The lowest BCUT2D eigenvalue weighted by Crippen LogP contribution is -2.02. The highest BCUT2D eigenvalue weighted by molar-refractivity contribution is 6.15. The highest BCUT2D eigenvalue weighted by Gasteiger charge is 2.19. The van der Waals surface area contributed by atoms with Crippen LogP contribution in [-0.4, -0.2) is 15.1 Å². The fourth-order valence-corrected chi connectivity index (χ4v) is 7.07. The Hall–Kier alpha value is -5.54. The molecule has 0 unspecified atom stereocenters. The van der Waals surface area contributed by atoms with Gasteiger partial charge in [0.15, 0.2) is 0 Å². The predicted molar refractivity (Wildman–Crippen MR) is 184 cm³/mol. The van der Waals surface area contributed by atoms with E-state index in [0.717, 1.165) is 46.3 Å². The fraction of sp³-hybridized carbons (Fsp3) is 0.0732. The average molecular weight is 564 g/mol. The first-order valence-electron chi connectivity index (χ1n) is 15.4. The maximum absolute atomic E-state index is 5.23. The first kappa shape index (κ1) is 25.0. The smallest absolute Gasteiger partial charge is 0.146 e. The molecule has 3 heterocycles. The maximum atomic E-state index is 5.23. The van der Waals surface area contributed by atoms with Crippen molar-refractivity contribution in [3.63, 3.8) is 0 Å². The van der Waals surface area contributed by atoms with Gasteiger partial charge in [0.2, 0.25) is 0 Å². The maximum Gasteiger partial charge on any atom is 0.146 e. The lowest BCUT2D eigenvalue weighted by Gasteiger charge is -2.16. The summed E-state index contributed by atoms with van der Waals surface area (Å²) in [6.45, 7) is 2.21. The van der Waals surface area contributed by atoms with Gasteiger partial charge in [-0.15, -0.1) is 0 Å². The van der Waals surface area contributed by atoms with Crippen molar-refractivity contribution in [1.29, 1.82) is 0 Å². The van der Waals surface area contributed by atoms with Crippen molar-refractivity contribution in [2.24, 2.45) is 4.99 Å². The third-order valence-corrected chi connectivity index (χ3v) is 9.19. The summed E-state index contributed by atoms with van der Waals surface area (Å²) in [5, 5.41) is 3.61. The van der Waals surface area contributed by atoms with E-state index in [0.29, 0.717) is 0 Å². The van der Waals surface area contributed by atoms with Crippen LogP contribution < -0.4 is 0 Å². The Labute approximate surface area is 255 Å². The molecular formula is C41H29N3. The summed E-state index contributed by atoms with van der Waals surface area (Å²) in [6, 6.07) is 48.3. The van der Waals surface area contributed by atoms with Crippen molar-refractivity contribution in [3.8, 4) is 22.3 Å². The van der Waals surface area contributed by atoms with E-state index < -0.39 is 0 Å². The summed E-state index contributed by atoms with van der Waals surface area (Å²) >= 11 is 0. The van der Waals surface area contributed by atoms with E-state index in [9.17, 15) is 0 Å². The van der Waals surface area contributed by atoms with Gasteiger partial charge in [-0.3, -0.25) is 9.39 Å². The van der Waals surface area contributed by atoms with E-state index in [1.807, 2.05) is 0 Å². The minimum absolute atomic E-state index is 0.854. The molecule has 2 aromatic heterocycles. The van der Waals surface area contributed by atoms with Crippen molar-refractivity contribution in [1.82, 2.24) is 9.38 Å². The molecular weight excluding hydrogens is 534 g/mol. The SMILES string of the molecule is CC/C1=N\c2ccccc2Cc2ccccc2-c2cc(-c3ccc4c(c3)c3ccccc3n3c5ccccc5nc43)ccc21. The van der Waals surface area contributed by atoms with Crippen molar-refractivity contribution < 1.29 is 0 Å². The van der Waals surface area contributed by atoms with Crippen molar-refractivity contribution >= 4 is 49.8 Å². The van der Waals surface area contributed by atoms with Crippen LogP contribution in [0.1, 0.15) is 30.0 Å². The molecule has 0 radical (unpaired) electrons. The highest BCUT2D eigenvalue weighted by atomic mass is 15.0. The van der Waals surface area contributed by atoms with Crippen LogP contribution in [0, 0.1) is 0 Å². The number of fused-ring (bicyclic) bond motifs is 12. The second kappa shape index (κ2) is 9.75. The number of hydrogen-bond acceptors (Lipinski definition) is 2. The average Bonchev–Trinajstić information content (AvgIpc) is 3.49. The number of imidazole rings is 1. The fourth-order valence-electron chi connectivity index (χ4n) is 7.07. The molecule has 0 fully saturated rings. The molecule has 1 aliphatic rings. The van der Waals surface area contributed by atoms with Gasteiger partial charge in [-0.05, 0) is 87.7 Å². The van der Waals surface area contributed by atoms with E-state index in [-0.39, 0.29) is 0 Å². The first-order chi connectivity index (χ1) is 21.8. The summed E-state index contributed by atoms with van der Waals surface area (Å²) in [6.07, 6.45) is 1.71. The van der Waals surface area contributed by atoms with Crippen LogP contribution >= 0.6 is 0 Å². The predicted octanol–water partition coefficient (Wildman–Crippen LogP) is 10.6. The van der Waals surface area contributed by atoms with Gasteiger partial charge in [0, 0.05) is 28.5 Å². The summed E-state index contributed by atoms with van der Waals surface area (Å²) in [5.74, 6) is 0. The van der Waals surface area contributed by atoms with Gasteiger partial charge in [0.05, 0.1) is 22.2 Å². The molecule has 3 nitrogen and oxygen atoms in total. The van der Waals surface area contributed by atoms with Crippen LogP contribution in [0.5, 0.6) is 0 Å². The van der Waals surface area contributed by atoms with E-state index in [1.54, 1.807) is 0 Å². The van der Waals surface area contributed by atoms with Crippen molar-refractivity contribution in [3.05, 3.63) is 150 Å². The summed E-state index contributed by atoms with van der Waals surface area (Å²) in [5.41, 5.74) is 15.2. The Morgan fingerprint density at radius 3 is 2.20 bits per heavy atom. The number of pyridine rings is 1. The normalized spacial score (nSPS) is 14.0. The van der Waals surface area contributed by atoms with Crippen LogP contribution in [0.4, 0.5) is 5.69 Å². The quantitative estimate of drug-likeness (QED) is 0.192. The molecule has 1 aliphatic heterocycles. The molecule has 0 atom stereocenters. The Balaban J connectivity index is 1.29. The molecule has 0 saturated carbocycles. The number of aromatic nitrogens is 2. The molecule has 8 aromatic rings. The second-order valence-corrected chi connectivity index (χ2v) is 11.7. The monoisotopic (exact) mass is 563 g/mol. The number of rotatable bonds is 2. The lowest BCUT2D eigenvalue weighted by molar-refractivity contribution is 1.18. The van der Waals surface area contributed by atoms with E-state index in [1.165, 1.54) is 55.2 Å². The van der Waals surface area contributed by atoms with Crippen LogP contribution in [0.15, 0.2) is 138 Å². The topological polar surface area (TPSA) is 29.7 Å². The number of hydrogen-bond donors (Lipinski definition) is 0. The summed E-state index contributed by atoms with van der Waals surface area (Å²) < 4.78 is 2.31. The molecule has 0 aliphatic carbocycles. The second-order valence-electron chi connectivity index (χ2n) is 11.7. The lowest BCUT2D eigenvalue weighted by atomic mass is 9.88. The third kappa shape index (κ3) is 3.76. The van der Waals surface area contributed by atoms with Crippen LogP contribution in [-0.2, 0) is 6.42 Å². The zero-order chi connectivity index (χ0) is 29.2. The zero-order valence-corrected chi connectivity index (χ0v) is 24.5.